The predicted molar refractivity (Wildman–Crippen MR) is 74.2 cm³/mol. The predicted octanol–water partition coefficient (Wildman–Crippen LogP) is 1.53. The van der Waals surface area contributed by atoms with Crippen molar-refractivity contribution in [3.05, 3.63) is 30.1 Å². The molecule has 1 aromatic heterocycles. The number of carbonyl (C=O) groups is 1. The summed E-state index contributed by atoms with van der Waals surface area (Å²) < 4.78 is 1.98. The van der Waals surface area contributed by atoms with E-state index < -0.39 is 5.97 Å². The summed E-state index contributed by atoms with van der Waals surface area (Å²) in [6.45, 7) is 4.77. The second-order valence-corrected chi connectivity index (χ2v) is 5.44. The number of fused-ring (bicyclic) bond motifs is 1. The Bertz CT molecular complexity index is 602. The number of aromatic nitrogens is 2. The van der Waals surface area contributed by atoms with E-state index in [-0.39, 0.29) is 12.0 Å². The van der Waals surface area contributed by atoms with Gasteiger partial charge in [0, 0.05) is 19.0 Å². The van der Waals surface area contributed by atoms with Crippen molar-refractivity contribution >= 4 is 17.0 Å². The highest BCUT2D eigenvalue weighted by atomic mass is 16.4. The van der Waals surface area contributed by atoms with Crippen molar-refractivity contribution in [1.82, 2.24) is 14.9 Å². The molecule has 0 unspecified atom stereocenters. The third-order valence-electron chi connectivity index (χ3n) is 3.35. The highest BCUT2D eigenvalue weighted by molar-refractivity contribution is 5.76. The van der Waals surface area contributed by atoms with Gasteiger partial charge in [0.1, 0.15) is 0 Å². The van der Waals surface area contributed by atoms with Gasteiger partial charge in [0.2, 0.25) is 0 Å². The largest absolute Gasteiger partial charge is 0.480 e. The summed E-state index contributed by atoms with van der Waals surface area (Å²) in [7, 11) is 1.97. The van der Waals surface area contributed by atoms with Gasteiger partial charge < -0.3 is 15.0 Å². The van der Waals surface area contributed by atoms with Gasteiger partial charge in [-0.25, -0.2) is 4.98 Å². The second kappa shape index (κ2) is 5.01. The van der Waals surface area contributed by atoms with E-state index in [2.05, 4.69) is 42.3 Å². The van der Waals surface area contributed by atoms with E-state index in [9.17, 15) is 4.79 Å². The third kappa shape index (κ3) is 2.93. The van der Waals surface area contributed by atoms with E-state index >= 15 is 0 Å². The lowest BCUT2D eigenvalue weighted by Crippen LogP contribution is -2.35. The first-order valence-electron chi connectivity index (χ1n) is 6.24. The Hall–Kier alpha value is -1.88. The minimum atomic E-state index is -0.837. The van der Waals surface area contributed by atoms with Crippen LogP contribution < -0.4 is 5.32 Å². The number of imidazole rings is 1. The number of benzene rings is 1. The van der Waals surface area contributed by atoms with Gasteiger partial charge in [-0.15, -0.1) is 0 Å². The van der Waals surface area contributed by atoms with Crippen LogP contribution in [0.4, 0.5) is 0 Å². The van der Waals surface area contributed by atoms with Gasteiger partial charge in [0.15, 0.2) is 0 Å². The van der Waals surface area contributed by atoms with Crippen LogP contribution in [0.1, 0.15) is 19.4 Å². The van der Waals surface area contributed by atoms with Crippen molar-refractivity contribution in [1.29, 1.82) is 0 Å². The van der Waals surface area contributed by atoms with E-state index in [1.54, 1.807) is 6.33 Å². The molecule has 0 atom stereocenters. The van der Waals surface area contributed by atoms with Crippen LogP contribution in [0.5, 0.6) is 0 Å². The third-order valence-corrected chi connectivity index (χ3v) is 3.35. The monoisotopic (exact) mass is 261 g/mol. The summed E-state index contributed by atoms with van der Waals surface area (Å²) in [6.07, 6.45) is 1.80. The normalized spacial score (nSPS) is 11.9. The highest BCUT2D eigenvalue weighted by Crippen LogP contribution is 2.25. The van der Waals surface area contributed by atoms with Crippen molar-refractivity contribution < 1.29 is 9.90 Å². The summed E-state index contributed by atoms with van der Waals surface area (Å²) in [6, 6.07) is 6.20. The zero-order chi connectivity index (χ0) is 14.0. The first-order valence-corrected chi connectivity index (χ1v) is 6.24. The van der Waals surface area contributed by atoms with Crippen LogP contribution in [-0.4, -0.2) is 33.7 Å². The van der Waals surface area contributed by atoms with Crippen molar-refractivity contribution in [3.63, 3.8) is 0 Å². The lowest BCUT2D eigenvalue weighted by atomic mass is 9.84. The van der Waals surface area contributed by atoms with E-state index in [4.69, 9.17) is 5.11 Å². The number of aryl methyl sites for hydroxylation is 1. The summed E-state index contributed by atoms with van der Waals surface area (Å²) in [5.41, 5.74) is 3.07. The van der Waals surface area contributed by atoms with Gasteiger partial charge in [-0.1, -0.05) is 19.9 Å². The molecule has 0 aliphatic heterocycles. The molecule has 0 spiro atoms. The lowest BCUT2D eigenvalue weighted by molar-refractivity contribution is -0.136. The highest BCUT2D eigenvalue weighted by Gasteiger charge is 2.21. The molecule has 2 rings (SSSR count). The molecule has 1 heterocycles. The number of nitrogens with zero attached hydrogens (tertiary/aromatic N) is 2. The van der Waals surface area contributed by atoms with Crippen LogP contribution in [0.25, 0.3) is 11.0 Å². The molecule has 0 aliphatic carbocycles. The molecule has 5 nitrogen and oxygen atoms in total. The molecule has 0 radical (unpaired) electrons. The fraction of sp³-hybridized carbons (Fsp3) is 0.429. The smallest absolute Gasteiger partial charge is 0.317 e. The standard InChI is InChI=1S/C14H19N3O2/c1-14(2,8-15-7-13(18)19)10-4-5-12-11(6-10)16-9-17(12)3/h4-6,9,15H,7-8H2,1-3H3,(H,18,19). The fourth-order valence-electron chi connectivity index (χ4n) is 2.14. The number of carboxylic acid groups (broad SMARTS) is 1. The second-order valence-electron chi connectivity index (χ2n) is 5.44. The molecular weight excluding hydrogens is 242 g/mol. The quantitative estimate of drug-likeness (QED) is 0.856. The number of aliphatic carboxylic acids is 1. The number of carboxylic acids is 1. The van der Waals surface area contributed by atoms with Crippen LogP contribution in [0.2, 0.25) is 0 Å². The van der Waals surface area contributed by atoms with Crippen LogP contribution in [0.3, 0.4) is 0 Å². The first-order chi connectivity index (χ1) is 8.90. The maximum Gasteiger partial charge on any atom is 0.317 e. The molecule has 2 aromatic rings. The fourth-order valence-corrected chi connectivity index (χ4v) is 2.14. The van der Waals surface area contributed by atoms with E-state index in [1.807, 2.05) is 11.6 Å². The molecule has 5 heteroatoms. The van der Waals surface area contributed by atoms with Crippen LogP contribution in [0.15, 0.2) is 24.5 Å². The van der Waals surface area contributed by atoms with Gasteiger partial charge in [-0.3, -0.25) is 4.79 Å². The molecule has 102 valence electrons. The van der Waals surface area contributed by atoms with Crippen molar-refractivity contribution in [2.45, 2.75) is 19.3 Å². The Labute approximate surface area is 112 Å². The molecule has 0 aliphatic rings. The van der Waals surface area contributed by atoms with Crippen LogP contribution in [0, 0.1) is 0 Å². The molecule has 2 N–H and O–H groups in total. The minimum Gasteiger partial charge on any atom is -0.480 e. The maximum atomic E-state index is 10.5. The Kier molecular flexibility index (Phi) is 3.57. The number of hydrogen-bond acceptors (Lipinski definition) is 3. The van der Waals surface area contributed by atoms with Gasteiger partial charge in [0.05, 0.1) is 23.9 Å². The molecule has 0 fully saturated rings. The molecule has 0 bridgehead atoms. The SMILES string of the molecule is Cn1cnc2cc(C(C)(C)CNCC(=O)O)ccc21. The lowest BCUT2D eigenvalue weighted by Gasteiger charge is -2.25. The van der Waals surface area contributed by atoms with E-state index in [0.717, 1.165) is 16.6 Å². The molecule has 0 saturated heterocycles. The van der Waals surface area contributed by atoms with Gasteiger partial charge in [-0.05, 0) is 17.7 Å². The zero-order valence-electron chi connectivity index (χ0n) is 11.5. The summed E-state index contributed by atoms with van der Waals surface area (Å²) in [5, 5.41) is 11.6. The average Bonchev–Trinajstić information content (AvgIpc) is 2.70. The number of rotatable bonds is 5. The minimum absolute atomic E-state index is 0.0186. The first kappa shape index (κ1) is 13.5. The van der Waals surface area contributed by atoms with E-state index in [0.29, 0.717) is 6.54 Å². The summed E-state index contributed by atoms with van der Waals surface area (Å²) >= 11 is 0. The Morgan fingerprint density at radius 2 is 2.21 bits per heavy atom. The summed E-state index contributed by atoms with van der Waals surface area (Å²) in [4.78, 5) is 14.9. The molecule has 0 saturated carbocycles. The number of nitrogens with one attached hydrogen (secondary N) is 1. The van der Waals surface area contributed by atoms with Gasteiger partial charge in [-0.2, -0.15) is 0 Å². The van der Waals surface area contributed by atoms with Crippen molar-refractivity contribution in [3.8, 4) is 0 Å². The zero-order valence-corrected chi connectivity index (χ0v) is 11.5. The van der Waals surface area contributed by atoms with Crippen molar-refractivity contribution in [2.75, 3.05) is 13.1 Å². The van der Waals surface area contributed by atoms with Crippen molar-refractivity contribution in [2.24, 2.45) is 7.05 Å². The molecule has 1 aromatic carbocycles. The topological polar surface area (TPSA) is 67.2 Å². The number of hydrogen-bond donors (Lipinski definition) is 2. The maximum absolute atomic E-state index is 10.5. The van der Waals surface area contributed by atoms with Crippen LogP contribution in [-0.2, 0) is 17.3 Å². The Balaban J connectivity index is 2.19. The Morgan fingerprint density at radius 3 is 2.89 bits per heavy atom. The van der Waals surface area contributed by atoms with Crippen LogP contribution >= 0.6 is 0 Å². The molecular formula is C14H19N3O2. The summed E-state index contributed by atoms with van der Waals surface area (Å²) in [5.74, 6) is -0.837. The van der Waals surface area contributed by atoms with Gasteiger partial charge >= 0.3 is 5.97 Å². The van der Waals surface area contributed by atoms with Gasteiger partial charge in [0.25, 0.3) is 0 Å². The Morgan fingerprint density at radius 1 is 1.47 bits per heavy atom. The molecule has 0 amide bonds. The molecule has 19 heavy (non-hydrogen) atoms. The average molecular weight is 261 g/mol. The van der Waals surface area contributed by atoms with E-state index in [1.165, 1.54) is 0 Å².